The number of aliphatic hydroxyl groups excluding tert-OH is 19. The van der Waals surface area contributed by atoms with Crippen LogP contribution in [0.5, 0.6) is 0 Å². The molecule has 14 bridgehead atoms. The third kappa shape index (κ3) is 13.5. The molecule has 0 aromatic heterocycles. The highest BCUT2D eigenvalue weighted by Crippen LogP contribution is 2.42. The van der Waals surface area contributed by atoms with Gasteiger partial charge in [0.1, 0.15) is 159 Å². The van der Waals surface area contributed by atoms with Crippen molar-refractivity contribution >= 4 is 22.5 Å². The Labute approximate surface area is 498 Å². The van der Waals surface area contributed by atoms with E-state index >= 15 is 0 Å². The molecule has 35 atom stereocenters. The number of rotatable bonds is 9. The Morgan fingerprint density at radius 3 is 0.816 bits per heavy atom. The molecule has 2 aromatic rings. The van der Waals surface area contributed by atoms with Gasteiger partial charge in [0.2, 0.25) is 0 Å². The highest BCUT2D eigenvalue weighted by atomic mass is 32.2. The van der Waals surface area contributed by atoms with Crippen molar-refractivity contribution in [2.45, 2.75) is 219 Å². The van der Waals surface area contributed by atoms with E-state index in [9.17, 15) is 97.0 Å². The van der Waals surface area contributed by atoms with Crippen LogP contribution in [0.2, 0.25) is 0 Å². The zero-order chi connectivity index (χ0) is 62.4. The second kappa shape index (κ2) is 28.9. The summed E-state index contributed by atoms with van der Waals surface area (Å²) < 4.78 is 82.8. The van der Waals surface area contributed by atoms with E-state index in [0.717, 1.165) is 22.5 Å². The zero-order valence-corrected chi connectivity index (χ0v) is 46.7. The van der Waals surface area contributed by atoms with Crippen LogP contribution in [0.15, 0.2) is 47.4 Å². The first kappa shape index (κ1) is 67.6. The lowest BCUT2D eigenvalue weighted by Gasteiger charge is -2.50. The van der Waals surface area contributed by atoms with Crippen molar-refractivity contribution in [3.05, 3.63) is 42.5 Å². The maximum absolute atomic E-state index is 11.8. The van der Waals surface area contributed by atoms with Crippen LogP contribution in [0.4, 0.5) is 0 Å². The maximum atomic E-state index is 11.8. The molecule has 21 saturated heterocycles. The molecule has 34 nitrogen and oxygen atoms in total. The van der Waals surface area contributed by atoms with E-state index in [-0.39, 0.29) is 0 Å². The van der Waals surface area contributed by atoms with Gasteiger partial charge in [-0.2, -0.15) is 0 Å². The molecule has 21 aliphatic rings. The molecular weight excluding hydrogens is 1200 g/mol. The smallest absolute Gasteiger partial charge is 0.187 e. The van der Waals surface area contributed by atoms with Gasteiger partial charge in [-0.15, -0.1) is 11.8 Å². The standard InChI is InChI=1S/C52H77NO33S/c53-25-38-18(8-54)79-52(45(25)87-17-6-5-15-3-1-2-4-16(15)7-17)86-44-24(14-60)78-51(37(72)31(44)66)85-43-23(13-59)77-50(36(71)30(43)65)84-42-22(12-58)76-49(35(70)29(42)64)83-41-21(11-57)75-48(34(69)28(41)63)82-40-20(10-56)74-47(33(68)27(40)62)81-39-19(9-55)73-46(80-38)32(67)26(39)61/h1-7,18-52,54-72H,8-14,53H2/t18-,19-,20-,21-,22-,23-,24-,25-,26-,27-,28-,29-,30-,31-,32-,33-,34-,35-,36-,37-,38-,39-,40-,41-,42-,43-,44-,45+,46-,47-,48-,49-,50-,51-,52-/m1/s1. The van der Waals surface area contributed by atoms with Crippen LogP contribution in [0, 0.1) is 0 Å². The van der Waals surface area contributed by atoms with Crippen LogP contribution in [0.1, 0.15) is 0 Å². The van der Waals surface area contributed by atoms with Gasteiger partial charge in [-0.1, -0.05) is 30.3 Å². The molecule has 0 spiro atoms. The lowest BCUT2D eigenvalue weighted by molar-refractivity contribution is -0.396. The molecule has 0 saturated carbocycles. The van der Waals surface area contributed by atoms with Crippen molar-refractivity contribution in [2.75, 3.05) is 46.2 Å². The molecule has 87 heavy (non-hydrogen) atoms. The van der Waals surface area contributed by atoms with Crippen LogP contribution < -0.4 is 5.73 Å². The summed E-state index contributed by atoms with van der Waals surface area (Å²) in [6, 6.07) is 11.3. The van der Waals surface area contributed by atoms with E-state index in [1.807, 2.05) is 24.3 Å². The quantitative estimate of drug-likeness (QED) is 0.111. The average molecular weight is 1280 g/mol. The normalized spacial score (nSPS) is 50.4. The molecule has 0 amide bonds. The van der Waals surface area contributed by atoms with Crippen LogP contribution in [0.25, 0.3) is 10.8 Å². The number of nitrogens with two attached hydrogens (primary N) is 1. The van der Waals surface area contributed by atoms with Crippen LogP contribution in [-0.2, 0) is 66.3 Å². The minimum absolute atomic E-state index is 0.555. The van der Waals surface area contributed by atoms with Crippen molar-refractivity contribution in [3.8, 4) is 0 Å². The van der Waals surface area contributed by atoms with E-state index in [1.165, 1.54) is 0 Å². The minimum Gasteiger partial charge on any atom is -0.394 e. The molecule has 21 N–H and O–H groups in total. The molecule has 21 aliphatic heterocycles. The van der Waals surface area contributed by atoms with Gasteiger partial charge >= 0.3 is 0 Å². The van der Waals surface area contributed by atoms with E-state index in [1.54, 1.807) is 18.2 Å². The Morgan fingerprint density at radius 1 is 0.287 bits per heavy atom. The van der Waals surface area contributed by atoms with Gasteiger partial charge in [-0.25, -0.2) is 0 Å². The van der Waals surface area contributed by atoms with Gasteiger partial charge < -0.3 is 169 Å². The summed E-state index contributed by atoms with van der Waals surface area (Å²) in [7, 11) is 0. The number of benzene rings is 2. The molecule has 0 aliphatic carbocycles. The molecule has 21 fully saturated rings. The van der Waals surface area contributed by atoms with Gasteiger partial charge in [-0.05, 0) is 22.9 Å². The van der Waals surface area contributed by atoms with Gasteiger partial charge in [0.25, 0.3) is 0 Å². The zero-order valence-electron chi connectivity index (χ0n) is 45.9. The molecule has 494 valence electrons. The number of fused-ring (bicyclic) bond motifs is 1. The second-order valence-electron chi connectivity index (χ2n) is 22.3. The Balaban J connectivity index is 0.966. The summed E-state index contributed by atoms with van der Waals surface area (Å²) in [6.07, 6.45) is -63.8. The van der Waals surface area contributed by atoms with Crippen LogP contribution >= 0.6 is 11.8 Å². The van der Waals surface area contributed by atoms with Crippen molar-refractivity contribution in [3.63, 3.8) is 0 Å². The molecule has 2 aromatic carbocycles. The minimum atomic E-state index is -2.20. The Bertz CT molecular complexity index is 2490. The summed E-state index contributed by atoms with van der Waals surface area (Å²) in [4.78, 5) is 0.555. The predicted octanol–water partition coefficient (Wildman–Crippen LogP) is -11.3. The lowest BCUT2D eigenvalue weighted by Crippen LogP contribution is -2.69. The van der Waals surface area contributed by atoms with Gasteiger partial charge in [0, 0.05) is 4.90 Å². The fourth-order valence-corrected chi connectivity index (χ4v) is 13.2. The third-order valence-electron chi connectivity index (χ3n) is 16.8. The maximum Gasteiger partial charge on any atom is 0.187 e. The first-order valence-electron chi connectivity index (χ1n) is 28.2. The van der Waals surface area contributed by atoms with Crippen molar-refractivity contribution in [1.29, 1.82) is 0 Å². The number of hydrogen-bond donors (Lipinski definition) is 20. The van der Waals surface area contributed by atoms with Gasteiger partial charge in [-0.3, -0.25) is 0 Å². The molecule has 0 radical (unpaired) electrons. The molecule has 0 unspecified atom stereocenters. The van der Waals surface area contributed by atoms with Crippen molar-refractivity contribution < 1.29 is 163 Å². The fraction of sp³-hybridized carbons (Fsp3) is 0.808. The number of ether oxygens (including phenoxy) is 14. The molecule has 21 heterocycles. The Kier molecular flexibility index (Phi) is 22.5. The number of hydrogen-bond acceptors (Lipinski definition) is 35. The first-order valence-corrected chi connectivity index (χ1v) is 29.1. The largest absolute Gasteiger partial charge is 0.394 e. The van der Waals surface area contributed by atoms with E-state index in [4.69, 9.17) is 72.0 Å². The van der Waals surface area contributed by atoms with Crippen molar-refractivity contribution in [2.24, 2.45) is 5.73 Å². The Hall–Kier alpha value is -2.31. The molecular formula is C52H77NO33S. The SMILES string of the molecule is N[C@@H]1[C@@H]2O[C@H]3O[C@H](CO)[C@@H](O[C@H]4O[C@H](CO)[C@@H](O[C@H]5O[C@H](CO)[C@@H](O[C@H]6O[C@H](CO)[C@@H](O[C@H]7O[C@H](CO)[C@@H](O[C@H]8O[C@H](CO)[C@@H](O[C@@H](O[C@@H]2CO)[C@H]1Sc1ccc2ccccc2c1)[C@H](O)[C@H]8O)[C@H](O)[C@H]7O)[C@H](O)[C@H]6O)[C@H](O)[C@H]5O)[C@H](O)[C@H]4O)[C@H](O)[C@H]3O. The second-order valence-corrected chi connectivity index (χ2v) is 23.6. The lowest BCUT2D eigenvalue weighted by atomic mass is 9.95. The third-order valence-corrected chi connectivity index (χ3v) is 18.2. The topological polar surface area (TPSA) is 540 Å². The van der Waals surface area contributed by atoms with E-state index < -0.39 is 260 Å². The summed E-state index contributed by atoms with van der Waals surface area (Å²) in [6.45, 7) is -6.98. The summed E-state index contributed by atoms with van der Waals surface area (Å²) in [5.74, 6) is 0. The monoisotopic (exact) mass is 1280 g/mol. The van der Waals surface area contributed by atoms with E-state index in [2.05, 4.69) is 0 Å². The van der Waals surface area contributed by atoms with Gasteiger partial charge in [0.05, 0.1) is 57.5 Å². The summed E-state index contributed by atoms with van der Waals surface area (Å²) in [5.41, 5.74) is 7.04. The average Bonchev–Trinajstić information content (AvgIpc) is 1.04. The van der Waals surface area contributed by atoms with Crippen LogP contribution in [0.3, 0.4) is 0 Å². The predicted molar refractivity (Wildman–Crippen MR) is 278 cm³/mol. The van der Waals surface area contributed by atoms with Crippen LogP contribution in [-0.4, -0.2) is 357 Å². The van der Waals surface area contributed by atoms with Crippen molar-refractivity contribution in [1.82, 2.24) is 0 Å². The molecule has 35 heteroatoms. The summed E-state index contributed by atoms with van der Waals surface area (Å²) in [5, 5.41) is 213. The first-order chi connectivity index (χ1) is 41.7. The Morgan fingerprint density at radius 2 is 0.529 bits per heavy atom. The summed E-state index contributed by atoms with van der Waals surface area (Å²) >= 11 is 1.06. The van der Waals surface area contributed by atoms with Gasteiger partial charge in [0.15, 0.2) is 44.0 Å². The van der Waals surface area contributed by atoms with E-state index in [0.29, 0.717) is 4.90 Å². The number of thioether (sulfide) groups is 1. The highest BCUT2D eigenvalue weighted by Gasteiger charge is 2.59. The fourth-order valence-electron chi connectivity index (χ4n) is 12.0. The highest BCUT2D eigenvalue weighted by molar-refractivity contribution is 8.00. The number of aliphatic hydroxyl groups is 19. The molecule has 23 rings (SSSR count).